The summed E-state index contributed by atoms with van der Waals surface area (Å²) in [5, 5.41) is 3.93. The molecule has 0 amide bonds. The van der Waals surface area contributed by atoms with Crippen molar-refractivity contribution in [2.45, 2.75) is 30.7 Å². The summed E-state index contributed by atoms with van der Waals surface area (Å²) in [6, 6.07) is 12.5. The van der Waals surface area contributed by atoms with Crippen molar-refractivity contribution >= 4 is 0 Å². The molecule has 0 bridgehead atoms. The lowest BCUT2D eigenvalue weighted by Gasteiger charge is -2.01. The third-order valence-corrected chi connectivity index (χ3v) is 4.68. The molecule has 1 aromatic heterocycles. The van der Waals surface area contributed by atoms with E-state index in [1.807, 2.05) is 0 Å². The highest BCUT2D eigenvalue weighted by atomic mass is 19.1. The number of nitrogens with two attached hydrogens (primary N) is 1. The van der Waals surface area contributed by atoms with Crippen LogP contribution in [0.5, 0.6) is 0 Å². The molecular formula is C19H17F2N3O. The van der Waals surface area contributed by atoms with Crippen molar-refractivity contribution in [2.24, 2.45) is 5.73 Å². The van der Waals surface area contributed by atoms with E-state index in [4.69, 9.17) is 10.3 Å². The third-order valence-electron chi connectivity index (χ3n) is 4.68. The molecule has 1 saturated carbocycles. The fourth-order valence-corrected chi connectivity index (χ4v) is 3.39. The second-order valence-corrected chi connectivity index (χ2v) is 6.46. The summed E-state index contributed by atoms with van der Waals surface area (Å²) in [4.78, 5) is 4.41. The molecule has 0 spiro atoms. The van der Waals surface area contributed by atoms with Gasteiger partial charge in [0.25, 0.3) is 0 Å². The Hall–Kier alpha value is -2.60. The molecule has 0 radical (unpaired) electrons. The van der Waals surface area contributed by atoms with E-state index in [0.29, 0.717) is 11.7 Å². The highest BCUT2D eigenvalue weighted by molar-refractivity contribution is 5.44. The Balaban J connectivity index is 1.70. The summed E-state index contributed by atoms with van der Waals surface area (Å²) >= 11 is 0. The predicted molar refractivity (Wildman–Crippen MR) is 87.9 cm³/mol. The molecular weight excluding hydrogens is 324 g/mol. The molecule has 3 aromatic rings. The van der Waals surface area contributed by atoms with Gasteiger partial charge in [0.15, 0.2) is 5.82 Å². The zero-order valence-electron chi connectivity index (χ0n) is 13.6. The van der Waals surface area contributed by atoms with Crippen LogP contribution in [0.4, 0.5) is 8.78 Å². The fourth-order valence-electron chi connectivity index (χ4n) is 3.39. The van der Waals surface area contributed by atoms with Gasteiger partial charge in [0.1, 0.15) is 11.6 Å². The van der Waals surface area contributed by atoms with E-state index in [1.54, 1.807) is 31.2 Å². The van der Waals surface area contributed by atoms with Crippen LogP contribution in [-0.2, 0) is 0 Å². The first-order valence-electron chi connectivity index (χ1n) is 8.14. The van der Waals surface area contributed by atoms with Crippen LogP contribution < -0.4 is 5.73 Å². The molecule has 2 unspecified atom stereocenters. The second-order valence-electron chi connectivity index (χ2n) is 6.46. The molecule has 2 N–H and O–H groups in total. The van der Waals surface area contributed by atoms with Gasteiger partial charge in [-0.3, -0.25) is 0 Å². The first-order valence-corrected chi connectivity index (χ1v) is 8.14. The summed E-state index contributed by atoms with van der Waals surface area (Å²) in [5.41, 5.74) is 7.78. The van der Waals surface area contributed by atoms with E-state index >= 15 is 0 Å². The molecule has 25 heavy (non-hydrogen) atoms. The molecule has 1 fully saturated rings. The number of hydrogen-bond acceptors (Lipinski definition) is 4. The molecule has 128 valence electrons. The molecule has 6 heteroatoms. The number of halogens is 2. The molecule has 4 rings (SSSR count). The van der Waals surface area contributed by atoms with E-state index in [1.165, 1.54) is 24.3 Å². The minimum atomic E-state index is -0.315. The Bertz CT molecular complexity index is 823. The first-order chi connectivity index (χ1) is 12.0. The van der Waals surface area contributed by atoms with Crippen LogP contribution >= 0.6 is 0 Å². The number of hydrogen-bond donors (Lipinski definition) is 1. The van der Waals surface area contributed by atoms with Crippen molar-refractivity contribution < 1.29 is 13.3 Å². The second kappa shape index (κ2) is 6.04. The van der Waals surface area contributed by atoms with Crippen molar-refractivity contribution in [3.05, 3.63) is 83.0 Å². The predicted octanol–water partition coefficient (Wildman–Crippen LogP) is 4.03. The SMILES string of the molecule is C[C@H](N)c1noc(C2C(c3ccc(F)cc3)C2c2ccc(F)cc2)n1. The van der Waals surface area contributed by atoms with Gasteiger partial charge in [0.05, 0.1) is 12.0 Å². The molecule has 0 aliphatic heterocycles. The van der Waals surface area contributed by atoms with Crippen molar-refractivity contribution in [1.82, 2.24) is 10.1 Å². The molecule has 1 heterocycles. The van der Waals surface area contributed by atoms with Crippen molar-refractivity contribution in [3.63, 3.8) is 0 Å². The van der Waals surface area contributed by atoms with Crippen molar-refractivity contribution in [1.29, 1.82) is 0 Å². The zero-order valence-corrected chi connectivity index (χ0v) is 13.6. The highest BCUT2D eigenvalue weighted by Crippen LogP contribution is 2.65. The minimum absolute atomic E-state index is 0.0316. The van der Waals surface area contributed by atoms with Gasteiger partial charge in [-0.05, 0) is 42.3 Å². The van der Waals surface area contributed by atoms with Gasteiger partial charge in [0.2, 0.25) is 5.89 Å². The van der Waals surface area contributed by atoms with Crippen molar-refractivity contribution in [3.8, 4) is 0 Å². The Morgan fingerprint density at radius 1 is 0.880 bits per heavy atom. The lowest BCUT2D eigenvalue weighted by Crippen LogP contribution is -2.06. The Kier molecular flexibility index (Phi) is 3.84. The quantitative estimate of drug-likeness (QED) is 0.778. The maximum Gasteiger partial charge on any atom is 0.231 e. The fraction of sp³-hybridized carbons (Fsp3) is 0.263. The summed E-state index contributed by atoms with van der Waals surface area (Å²) in [6.07, 6.45) is 0. The van der Waals surface area contributed by atoms with Gasteiger partial charge >= 0.3 is 0 Å². The normalized spacial score (nSPS) is 23.4. The maximum atomic E-state index is 13.3. The summed E-state index contributed by atoms with van der Waals surface area (Å²) in [6.45, 7) is 1.79. The van der Waals surface area contributed by atoms with E-state index in [2.05, 4.69) is 10.1 Å². The Morgan fingerprint density at radius 3 is 1.76 bits per heavy atom. The standard InChI is InChI=1S/C19H17F2N3O/c1-10(22)18-23-19(25-24-18)17-15(11-2-6-13(20)7-3-11)16(17)12-4-8-14(21)9-5-12/h2-10,15-17H,22H2,1H3/t10-,15?,16?,17?/m0/s1. The van der Waals surface area contributed by atoms with Crippen molar-refractivity contribution in [2.75, 3.05) is 0 Å². The van der Waals surface area contributed by atoms with E-state index in [9.17, 15) is 8.78 Å². The molecule has 4 nitrogen and oxygen atoms in total. The minimum Gasteiger partial charge on any atom is -0.339 e. The Morgan fingerprint density at radius 2 is 1.36 bits per heavy atom. The number of rotatable bonds is 4. The molecule has 3 atom stereocenters. The van der Waals surface area contributed by atoms with Gasteiger partial charge in [-0.2, -0.15) is 4.98 Å². The molecule has 0 saturated heterocycles. The topological polar surface area (TPSA) is 64.9 Å². The van der Waals surface area contributed by atoms with E-state index in [-0.39, 0.29) is 35.4 Å². The molecule has 2 aromatic carbocycles. The zero-order chi connectivity index (χ0) is 17.6. The molecule has 1 aliphatic carbocycles. The monoisotopic (exact) mass is 341 g/mol. The maximum absolute atomic E-state index is 13.3. The summed E-state index contributed by atoms with van der Waals surface area (Å²) in [7, 11) is 0. The van der Waals surface area contributed by atoms with Crippen LogP contribution in [-0.4, -0.2) is 10.1 Å². The lowest BCUT2D eigenvalue weighted by atomic mass is 10.0. The smallest absolute Gasteiger partial charge is 0.231 e. The van der Waals surface area contributed by atoms with Gasteiger partial charge < -0.3 is 10.3 Å². The summed E-state index contributed by atoms with van der Waals surface area (Å²) in [5.74, 6) is 0.525. The van der Waals surface area contributed by atoms with Crippen LogP contribution in [0.15, 0.2) is 53.1 Å². The van der Waals surface area contributed by atoms with Crippen LogP contribution in [0.3, 0.4) is 0 Å². The largest absolute Gasteiger partial charge is 0.339 e. The lowest BCUT2D eigenvalue weighted by molar-refractivity contribution is 0.369. The van der Waals surface area contributed by atoms with Gasteiger partial charge in [0, 0.05) is 11.8 Å². The first kappa shape index (κ1) is 15.9. The number of benzene rings is 2. The third kappa shape index (κ3) is 2.93. The van der Waals surface area contributed by atoms with E-state index in [0.717, 1.165) is 11.1 Å². The average molecular weight is 341 g/mol. The van der Waals surface area contributed by atoms with Crippen LogP contribution in [0.25, 0.3) is 0 Å². The van der Waals surface area contributed by atoms with Gasteiger partial charge in [-0.15, -0.1) is 0 Å². The highest BCUT2D eigenvalue weighted by Gasteiger charge is 2.55. The average Bonchev–Trinajstić information content (AvgIpc) is 3.13. The van der Waals surface area contributed by atoms with Crippen LogP contribution in [0.1, 0.15) is 53.6 Å². The van der Waals surface area contributed by atoms with Gasteiger partial charge in [-0.1, -0.05) is 29.4 Å². The van der Waals surface area contributed by atoms with Crippen LogP contribution in [0.2, 0.25) is 0 Å². The van der Waals surface area contributed by atoms with Gasteiger partial charge in [-0.25, -0.2) is 8.78 Å². The number of aromatic nitrogens is 2. The Labute approximate surface area is 143 Å². The van der Waals surface area contributed by atoms with E-state index < -0.39 is 0 Å². The number of nitrogens with zero attached hydrogens (tertiary/aromatic N) is 2. The van der Waals surface area contributed by atoms with Crippen LogP contribution in [0, 0.1) is 11.6 Å². The summed E-state index contributed by atoms with van der Waals surface area (Å²) < 4.78 is 31.9. The molecule has 1 aliphatic rings.